The molecule has 188 valence electrons. The zero-order valence-corrected chi connectivity index (χ0v) is 22.1. The van der Waals surface area contributed by atoms with E-state index in [1.54, 1.807) is 7.11 Å². The Morgan fingerprint density at radius 1 is 1.03 bits per heavy atom. The molecular weight excluding hydrogens is 452 g/mol. The number of likely N-dealkylation sites (tertiary alicyclic amines) is 1. The van der Waals surface area contributed by atoms with Crippen molar-refractivity contribution in [3.63, 3.8) is 0 Å². The Morgan fingerprint density at radius 3 is 2.50 bits per heavy atom. The number of nitrogens with zero attached hydrogens (tertiary/aromatic N) is 6. The number of aromatic nitrogens is 4. The number of anilines is 1. The molecule has 4 heterocycles. The van der Waals surface area contributed by atoms with E-state index in [9.17, 15) is 4.79 Å². The number of methoxy groups -OCH3 is 1. The summed E-state index contributed by atoms with van der Waals surface area (Å²) in [5.41, 5.74) is 6.88. The van der Waals surface area contributed by atoms with E-state index in [4.69, 9.17) is 9.72 Å². The van der Waals surface area contributed by atoms with Crippen LogP contribution in [0.4, 0.5) is 5.82 Å². The molecule has 0 saturated carbocycles. The number of hydrogen-bond donors (Lipinski definition) is 0. The predicted octanol–water partition coefficient (Wildman–Crippen LogP) is 4.71. The molecule has 0 N–H and O–H groups in total. The summed E-state index contributed by atoms with van der Waals surface area (Å²) in [5.74, 6) is 3.35. The highest BCUT2D eigenvalue weighted by Gasteiger charge is 2.27. The lowest BCUT2D eigenvalue weighted by Crippen LogP contribution is -2.35. The molecule has 1 amide bonds. The van der Waals surface area contributed by atoms with Gasteiger partial charge in [-0.15, -0.1) is 10.2 Å². The van der Waals surface area contributed by atoms with Crippen molar-refractivity contribution in [2.45, 2.75) is 53.4 Å². The summed E-state index contributed by atoms with van der Waals surface area (Å²) in [4.78, 5) is 22.2. The van der Waals surface area contributed by atoms with Crippen LogP contribution in [0.15, 0.2) is 30.0 Å². The van der Waals surface area contributed by atoms with Crippen LogP contribution in [0.25, 0.3) is 11.3 Å². The Morgan fingerprint density at radius 2 is 1.78 bits per heavy atom. The third-order valence-corrected chi connectivity index (χ3v) is 7.51. The van der Waals surface area contributed by atoms with E-state index in [1.807, 2.05) is 37.1 Å². The van der Waals surface area contributed by atoms with Crippen molar-refractivity contribution in [3.05, 3.63) is 64.0 Å². The molecule has 0 atom stereocenters. The minimum absolute atomic E-state index is 0.0814. The lowest BCUT2D eigenvalue weighted by Gasteiger charge is -2.27. The fourth-order valence-corrected chi connectivity index (χ4v) is 5.26. The number of rotatable bonds is 4. The second-order valence-corrected chi connectivity index (χ2v) is 9.83. The summed E-state index contributed by atoms with van der Waals surface area (Å²) < 4.78 is 7.83. The van der Waals surface area contributed by atoms with Crippen LogP contribution < -0.4 is 9.64 Å². The van der Waals surface area contributed by atoms with Gasteiger partial charge in [0.15, 0.2) is 11.6 Å². The van der Waals surface area contributed by atoms with E-state index < -0.39 is 0 Å². The summed E-state index contributed by atoms with van der Waals surface area (Å²) in [6.45, 7) is 9.90. The van der Waals surface area contributed by atoms with Gasteiger partial charge in [0.25, 0.3) is 5.91 Å². The Hall–Kier alpha value is -3.68. The number of benzene rings is 1. The minimum atomic E-state index is 0.0814. The zero-order valence-electron chi connectivity index (χ0n) is 22.1. The van der Waals surface area contributed by atoms with Crippen molar-refractivity contribution in [3.8, 4) is 11.4 Å². The van der Waals surface area contributed by atoms with Gasteiger partial charge in [-0.1, -0.05) is 6.07 Å². The number of ether oxygens (including phenoxy) is 1. The monoisotopic (exact) mass is 486 g/mol. The molecule has 0 bridgehead atoms. The summed E-state index contributed by atoms with van der Waals surface area (Å²) >= 11 is 0. The maximum atomic E-state index is 13.0. The summed E-state index contributed by atoms with van der Waals surface area (Å²) in [7, 11) is 3.70. The van der Waals surface area contributed by atoms with Crippen LogP contribution >= 0.6 is 0 Å². The van der Waals surface area contributed by atoms with Crippen molar-refractivity contribution in [1.29, 1.82) is 0 Å². The largest absolute Gasteiger partial charge is 0.496 e. The molecule has 5 rings (SSSR count). The first-order chi connectivity index (χ1) is 17.3. The van der Waals surface area contributed by atoms with Gasteiger partial charge in [0.2, 0.25) is 0 Å². The summed E-state index contributed by atoms with van der Waals surface area (Å²) in [6.07, 6.45) is 3.94. The Bertz CT molecular complexity index is 1370. The van der Waals surface area contributed by atoms with Crippen LogP contribution in [-0.2, 0) is 6.42 Å². The smallest absolute Gasteiger partial charge is 0.253 e. The summed E-state index contributed by atoms with van der Waals surface area (Å²) in [5, 5.41) is 8.79. The molecule has 2 aliphatic heterocycles. The van der Waals surface area contributed by atoms with Crippen molar-refractivity contribution in [2.24, 2.45) is 0 Å². The first kappa shape index (κ1) is 24.0. The average Bonchev–Trinajstić information content (AvgIpc) is 3.24. The van der Waals surface area contributed by atoms with E-state index in [0.29, 0.717) is 17.7 Å². The number of fused-ring (bicyclic) bond motifs is 3. The highest BCUT2D eigenvalue weighted by molar-refractivity contribution is 5.94. The van der Waals surface area contributed by atoms with E-state index in [0.717, 1.165) is 77.2 Å². The molecule has 8 heteroatoms. The fraction of sp³-hybridized carbons (Fsp3) is 0.429. The molecule has 2 aromatic heterocycles. The van der Waals surface area contributed by atoms with Crippen molar-refractivity contribution in [1.82, 2.24) is 24.6 Å². The van der Waals surface area contributed by atoms with Crippen LogP contribution in [0.1, 0.15) is 71.9 Å². The molecule has 1 fully saturated rings. The maximum Gasteiger partial charge on any atom is 0.253 e. The second-order valence-electron chi connectivity index (χ2n) is 9.83. The van der Waals surface area contributed by atoms with Crippen LogP contribution in [0.3, 0.4) is 0 Å². The number of pyridine rings is 1. The predicted molar refractivity (Wildman–Crippen MR) is 141 cm³/mol. The van der Waals surface area contributed by atoms with E-state index in [2.05, 4.69) is 46.5 Å². The van der Waals surface area contributed by atoms with E-state index >= 15 is 0 Å². The minimum Gasteiger partial charge on any atom is -0.496 e. The highest BCUT2D eigenvalue weighted by Crippen LogP contribution is 2.37. The molecule has 0 unspecified atom stereocenters. The number of piperidine rings is 1. The third kappa shape index (κ3) is 4.04. The van der Waals surface area contributed by atoms with Gasteiger partial charge in [0.1, 0.15) is 11.6 Å². The van der Waals surface area contributed by atoms with Gasteiger partial charge in [-0.05, 0) is 70.7 Å². The molecule has 0 aliphatic carbocycles. The van der Waals surface area contributed by atoms with E-state index in [-0.39, 0.29) is 5.91 Å². The quantitative estimate of drug-likeness (QED) is 0.532. The van der Waals surface area contributed by atoms with Gasteiger partial charge in [0.05, 0.1) is 12.8 Å². The standard InChI is InChI=1S/C28H34N6O2/c1-17-14-23(29-27-25(17)34-20(4)30-31-26(34)18(2)19(3)32(27)5)15-21-10-11-22(16-24(21)36-6)28(35)33-12-8-7-9-13-33/h10-11,14,16H,7-9,12-13,15H2,1-6H3. The van der Waals surface area contributed by atoms with Gasteiger partial charge in [-0.2, -0.15) is 0 Å². The molecule has 2 aliphatic rings. The number of allylic oxidation sites excluding steroid dienone is 2. The highest BCUT2D eigenvalue weighted by atomic mass is 16.5. The van der Waals surface area contributed by atoms with Crippen LogP contribution in [0, 0.1) is 13.8 Å². The SMILES string of the molecule is COc1cc(C(=O)N2CCCCC2)ccc1Cc1cc(C)c2c(n1)N(C)C(C)=C(C)c1nnc(C)n1-2. The number of aryl methyl sites for hydroxylation is 2. The molecule has 8 nitrogen and oxygen atoms in total. The van der Waals surface area contributed by atoms with Gasteiger partial charge in [-0.3, -0.25) is 9.36 Å². The number of carbonyl (C=O) groups is 1. The maximum absolute atomic E-state index is 13.0. The van der Waals surface area contributed by atoms with Gasteiger partial charge < -0.3 is 14.5 Å². The number of carbonyl (C=O) groups excluding carboxylic acids is 1. The zero-order chi connectivity index (χ0) is 25.6. The summed E-state index contributed by atoms with van der Waals surface area (Å²) in [6, 6.07) is 7.91. The fourth-order valence-electron chi connectivity index (χ4n) is 5.26. The molecule has 0 radical (unpaired) electrons. The number of amides is 1. The molecule has 1 saturated heterocycles. The van der Waals surface area contributed by atoms with Crippen molar-refractivity contribution >= 4 is 17.3 Å². The van der Waals surface area contributed by atoms with Gasteiger partial charge in [0, 0.05) is 54.6 Å². The third-order valence-electron chi connectivity index (χ3n) is 7.51. The normalized spacial score (nSPS) is 15.5. The topological polar surface area (TPSA) is 76.4 Å². The molecular formula is C28H34N6O2. The van der Waals surface area contributed by atoms with Crippen LogP contribution in [0.5, 0.6) is 5.75 Å². The van der Waals surface area contributed by atoms with Crippen LogP contribution in [0.2, 0.25) is 0 Å². The second kappa shape index (κ2) is 9.41. The van der Waals surface area contributed by atoms with Crippen molar-refractivity contribution < 1.29 is 9.53 Å². The average molecular weight is 487 g/mol. The van der Waals surface area contributed by atoms with Gasteiger partial charge in [-0.25, -0.2) is 4.98 Å². The van der Waals surface area contributed by atoms with E-state index in [1.165, 1.54) is 6.42 Å². The molecule has 0 spiro atoms. The number of hydrogen-bond acceptors (Lipinski definition) is 6. The lowest BCUT2D eigenvalue weighted by molar-refractivity contribution is 0.0724. The van der Waals surface area contributed by atoms with Crippen LogP contribution in [-0.4, -0.2) is 57.8 Å². The molecule has 1 aromatic carbocycles. The molecule has 3 aromatic rings. The first-order valence-electron chi connectivity index (χ1n) is 12.6. The van der Waals surface area contributed by atoms with Gasteiger partial charge >= 0.3 is 0 Å². The Kier molecular flexibility index (Phi) is 6.28. The Balaban J connectivity index is 1.51. The lowest BCUT2D eigenvalue weighted by atomic mass is 10.0. The first-order valence-corrected chi connectivity index (χ1v) is 12.6. The Labute approximate surface area is 212 Å². The van der Waals surface area contributed by atoms with Crippen molar-refractivity contribution in [2.75, 3.05) is 32.1 Å². The molecule has 36 heavy (non-hydrogen) atoms.